The maximum Gasteiger partial charge on any atom is 0.284 e. The van der Waals surface area contributed by atoms with E-state index in [1.165, 1.54) is 0 Å². The third kappa shape index (κ3) is 1.43. The molecule has 0 unspecified atom stereocenters. The van der Waals surface area contributed by atoms with Crippen LogP contribution in [0.5, 0.6) is 0 Å². The number of benzene rings is 1. The number of imide groups is 1. The fourth-order valence-corrected chi connectivity index (χ4v) is 2.02. The van der Waals surface area contributed by atoms with Crippen LogP contribution in [0, 0.1) is 6.92 Å². The van der Waals surface area contributed by atoms with Crippen molar-refractivity contribution in [3.63, 3.8) is 0 Å². The number of aryl methyl sites for hydroxylation is 1. The summed E-state index contributed by atoms with van der Waals surface area (Å²) < 4.78 is 0. The van der Waals surface area contributed by atoms with Crippen LogP contribution in [0.1, 0.15) is 26.5 Å². The van der Waals surface area contributed by atoms with Crippen LogP contribution < -0.4 is 4.90 Å². The van der Waals surface area contributed by atoms with E-state index in [2.05, 4.69) is 4.98 Å². The van der Waals surface area contributed by atoms with Gasteiger partial charge in [-0.2, -0.15) is 0 Å². The zero-order chi connectivity index (χ0) is 12.7. The van der Waals surface area contributed by atoms with E-state index in [0.29, 0.717) is 11.3 Å². The van der Waals surface area contributed by atoms with E-state index in [4.69, 9.17) is 0 Å². The quantitative estimate of drug-likeness (QED) is 0.715. The van der Waals surface area contributed by atoms with E-state index in [-0.39, 0.29) is 17.5 Å². The van der Waals surface area contributed by atoms with Gasteiger partial charge in [-0.05, 0) is 31.2 Å². The number of hydrogen-bond acceptors (Lipinski definition) is 3. The number of pyridine rings is 1. The molecule has 2 amide bonds. The van der Waals surface area contributed by atoms with Gasteiger partial charge in [0.2, 0.25) is 0 Å². The highest BCUT2D eigenvalue weighted by molar-refractivity contribution is 6.33. The molecule has 0 saturated carbocycles. The number of carbonyl (C=O) groups excluding carboxylic acids is 2. The normalized spacial score (nSPS) is 13.9. The zero-order valence-electron chi connectivity index (χ0n) is 9.75. The van der Waals surface area contributed by atoms with Crippen LogP contribution in [0.2, 0.25) is 0 Å². The molecule has 0 fully saturated rings. The Kier molecular flexibility index (Phi) is 2.23. The Hall–Kier alpha value is -2.49. The Labute approximate surface area is 104 Å². The van der Waals surface area contributed by atoms with Gasteiger partial charge in [-0.3, -0.25) is 9.59 Å². The summed E-state index contributed by atoms with van der Waals surface area (Å²) in [7, 11) is 0. The third-order valence-corrected chi connectivity index (χ3v) is 2.89. The van der Waals surface area contributed by atoms with Crippen molar-refractivity contribution < 1.29 is 9.59 Å². The molecule has 1 aromatic carbocycles. The summed E-state index contributed by atoms with van der Waals surface area (Å²) in [6.07, 6.45) is 0. The number of amides is 2. The van der Waals surface area contributed by atoms with E-state index < -0.39 is 0 Å². The Morgan fingerprint density at radius 2 is 1.67 bits per heavy atom. The largest absolute Gasteiger partial charge is 0.284 e. The summed E-state index contributed by atoms with van der Waals surface area (Å²) in [5.74, 6) is -0.668. The molecule has 3 rings (SSSR count). The molecule has 1 aliphatic rings. The van der Waals surface area contributed by atoms with Crippen molar-refractivity contribution in [2.75, 3.05) is 4.90 Å². The highest BCUT2D eigenvalue weighted by atomic mass is 16.2. The number of rotatable bonds is 1. The Morgan fingerprint density at radius 1 is 0.944 bits per heavy atom. The van der Waals surface area contributed by atoms with Gasteiger partial charge in [0, 0.05) is 5.69 Å². The van der Waals surface area contributed by atoms with Crippen LogP contribution in [-0.2, 0) is 0 Å². The Bertz CT molecular complexity index is 650. The van der Waals surface area contributed by atoms with Crippen LogP contribution in [0.25, 0.3) is 0 Å². The van der Waals surface area contributed by atoms with Crippen molar-refractivity contribution in [1.29, 1.82) is 0 Å². The molecule has 2 heterocycles. The van der Waals surface area contributed by atoms with Gasteiger partial charge in [0.25, 0.3) is 11.8 Å². The topological polar surface area (TPSA) is 50.3 Å². The average molecular weight is 238 g/mol. The molecular weight excluding hydrogens is 228 g/mol. The number of para-hydroxylation sites is 1. The van der Waals surface area contributed by atoms with Gasteiger partial charge in [-0.1, -0.05) is 18.2 Å². The first-order valence-corrected chi connectivity index (χ1v) is 5.60. The number of nitrogens with zero attached hydrogens (tertiary/aromatic N) is 2. The second-order valence-corrected chi connectivity index (χ2v) is 4.13. The molecule has 0 N–H and O–H groups in total. The summed E-state index contributed by atoms with van der Waals surface area (Å²) in [6, 6.07) is 12.3. The molecule has 0 bridgehead atoms. The second-order valence-electron chi connectivity index (χ2n) is 4.13. The summed E-state index contributed by atoms with van der Waals surface area (Å²) in [5.41, 5.74) is 1.91. The van der Waals surface area contributed by atoms with E-state index in [1.54, 1.807) is 43.3 Å². The predicted molar refractivity (Wildman–Crippen MR) is 66.6 cm³/mol. The second kappa shape index (κ2) is 3.77. The smallest absolute Gasteiger partial charge is 0.268 e. The Balaban J connectivity index is 2.13. The van der Waals surface area contributed by atoms with Crippen molar-refractivity contribution >= 4 is 17.5 Å². The van der Waals surface area contributed by atoms with Gasteiger partial charge in [0.1, 0.15) is 5.69 Å². The molecule has 0 aliphatic carbocycles. The number of hydrogen-bond donors (Lipinski definition) is 0. The SMILES string of the molecule is Cc1ccc2c(n1)C(=O)N(c1ccccc1)C2=O. The average Bonchev–Trinajstić information content (AvgIpc) is 2.63. The lowest BCUT2D eigenvalue weighted by atomic mass is 10.2. The van der Waals surface area contributed by atoms with Gasteiger partial charge in [0.05, 0.1) is 11.3 Å². The molecule has 1 aromatic heterocycles. The van der Waals surface area contributed by atoms with Gasteiger partial charge >= 0.3 is 0 Å². The molecule has 88 valence electrons. The van der Waals surface area contributed by atoms with E-state index in [9.17, 15) is 9.59 Å². The highest BCUT2D eigenvalue weighted by Gasteiger charge is 2.37. The first-order valence-electron chi connectivity index (χ1n) is 5.60. The number of fused-ring (bicyclic) bond motifs is 1. The van der Waals surface area contributed by atoms with Gasteiger partial charge in [-0.15, -0.1) is 0 Å². The number of carbonyl (C=O) groups is 2. The van der Waals surface area contributed by atoms with Crippen molar-refractivity contribution in [2.45, 2.75) is 6.92 Å². The summed E-state index contributed by atoms with van der Waals surface area (Å²) in [5, 5.41) is 0. The van der Waals surface area contributed by atoms with Gasteiger partial charge in [0.15, 0.2) is 0 Å². The molecule has 0 saturated heterocycles. The fraction of sp³-hybridized carbons (Fsp3) is 0.0714. The predicted octanol–water partition coefficient (Wildman–Crippen LogP) is 2.19. The molecule has 0 spiro atoms. The van der Waals surface area contributed by atoms with Crippen molar-refractivity contribution in [3.8, 4) is 0 Å². The molecular formula is C14H10N2O2. The lowest BCUT2D eigenvalue weighted by Gasteiger charge is -2.12. The molecule has 1 aliphatic heterocycles. The van der Waals surface area contributed by atoms with Crippen LogP contribution in [0.4, 0.5) is 5.69 Å². The minimum absolute atomic E-state index is 0.240. The van der Waals surface area contributed by atoms with E-state index >= 15 is 0 Å². The minimum atomic E-state index is -0.357. The maximum absolute atomic E-state index is 12.2. The first kappa shape index (κ1) is 10.7. The van der Waals surface area contributed by atoms with E-state index in [0.717, 1.165) is 10.6 Å². The molecule has 4 nitrogen and oxygen atoms in total. The molecule has 4 heteroatoms. The number of aromatic nitrogens is 1. The molecule has 18 heavy (non-hydrogen) atoms. The van der Waals surface area contributed by atoms with E-state index in [1.807, 2.05) is 6.07 Å². The van der Waals surface area contributed by atoms with Crippen LogP contribution in [-0.4, -0.2) is 16.8 Å². The third-order valence-electron chi connectivity index (χ3n) is 2.89. The van der Waals surface area contributed by atoms with Crippen molar-refractivity contribution in [1.82, 2.24) is 4.98 Å². The lowest BCUT2D eigenvalue weighted by molar-refractivity contribution is 0.0924. The summed E-state index contributed by atoms with van der Waals surface area (Å²) in [6.45, 7) is 1.79. The molecule has 2 aromatic rings. The van der Waals surface area contributed by atoms with Crippen LogP contribution in [0.15, 0.2) is 42.5 Å². The standard InChI is InChI=1S/C14H10N2O2/c1-9-7-8-11-12(15-9)14(18)16(13(11)17)10-5-3-2-4-6-10/h2-8H,1H3. The molecule has 0 atom stereocenters. The summed E-state index contributed by atoms with van der Waals surface area (Å²) in [4.78, 5) is 29.7. The first-order chi connectivity index (χ1) is 8.68. The van der Waals surface area contributed by atoms with Crippen LogP contribution >= 0.6 is 0 Å². The maximum atomic E-state index is 12.2. The number of anilines is 1. The zero-order valence-corrected chi connectivity index (χ0v) is 9.75. The van der Waals surface area contributed by atoms with Gasteiger partial charge < -0.3 is 0 Å². The monoisotopic (exact) mass is 238 g/mol. The highest BCUT2D eigenvalue weighted by Crippen LogP contribution is 2.26. The van der Waals surface area contributed by atoms with Crippen molar-refractivity contribution in [2.24, 2.45) is 0 Å². The lowest BCUT2D eigenvalue weighted by Crippen LogP contribution is -2.29. The van der Waals surface area contributed by atoms with Crippen LogP contribution in [0.3, 0.4) is 0 Å². The summed E-state index contributed by atoms with van der Waals surface area (Å²) >= 11 is 0. The Morgan fingerprint density at radius 3 is 2.39 bits per heavy atom. The fourth-order valence-electron chi connectivity index (χ4n) is 2.02. The van der Waals surface area contributed by atoms with Gasteiger partial charge in [-0.25, -0.2) is 9.88 Å². The minimum Gasteiger partial charge on any atom is -0.268 e. The van der Waals surface area contributed by atoms with Crippen molar-refractivity contribution in [3.05, 3.63) is 59.4 Å². The molecule has 0 radical (unpaired) electrons.